The quantitative estimate of drug-likeness (QED) is 0.708. The first-order valence-electron chi connectivity index (χ1n) is 8.11. The van der Waals surface area contributed by atoms with Crippen LogP contribution in [0.25, 0.3) is 17.2 Å². The number of carbonyl (C=O) groups excluding carboxylic acids is 1. The molecule has 0 radical (unpaired) electrons. The average Bonchev–Trinajstić information content (AvgIpc) is 3.21. The number of nitrogens with zero attached hydrogens (tertiary/aromatic N) is 2. The molecule has 1 aliphatic heterocycles. The predicted molar refractivity (Wildman–Crippen MR) is 96.9 cm³/mol. The standard InChI is InChI=1S/C19H16N4O3/c24-19(23-15-2-3-17-18(9-15)26-8-7-25-17)4-1-13-10-20-6-5-16(13)14-11-21-22-12-14/h1-6,9-12H,7-8H2,(H,21,22)(H,23,24)/b4-1+. The number of H-pyrrole nitrogens is 1. The van der Waals surface area contributed by atoms with E-state index in [1.54, 1.807) is 49.1 Å². The number of fused-ring (bicyclic) bond motifs is 1. The number of benzene rings is 1. The first kappa shape index (κ1) is 15.9. The highest BCUT2D eigenvalue weighted by Crippen LogP contribution is 2.32. The largest absolute Gasteiger partial charge is 0.486 e. The molecule has 0 aliphatic carbocycles. The van der Waals surface area contributed by atoms with Crippen LogP contribution in [0.3, 0.4) is 0 Å². The molecule has 0 atom stereocenters. The fourth-order valence-electron chi connectivity index (χ4n) is 2.67. The van der Waals surface area contributed by atoms with Crippen LogP contribution in [0, 0.1) is 0 Å². The Morgan fingerprint density at radius 1 is 1.15 bits per heavy atom. The number of carbonyl (C=O) groups is 1. The van der Waals surface area contributed by atoms with Gasteiger partial charge in [0, 0.05) is 47.5 Å². The summed E-state index contributed by atoms with van der Waals surface area (Å²) in [6.07, 6.45) is 10.1. The third-order valence-electron chi connectivity index (χ3n) is 3.89. The third-order valence-corrected chi connectivity index (χ3v) is 3.89. The maximum Gasteiger partial charge on any atom is 0.248 e. The number of anilines is 1. The Morgan fingerprint density at radius 3 is 2.88 bits per heavy atom. The Morgan fingerprint density at radius 2 is 2.04 bits per heavy atom. The van der Waals surface area contributed by atoms with E-state index in [4.69, 9.17) is 9.47 Å². The molecule has 0 spiro atoms. The van der Waals surface area contributed by atoms with Gasteiger partial charge >= 0.3 is 0 Å². The van der Waals surface area contributed by atoms with Gasteiger partial charge in [0.1, 0.15) is 13.2 Å². The predicted octanol–water partition coefficient (Wildman–Crippen LogP) is 2.89. The highest BCUT2D eigenvalue weighted by atomic mass is 16.6. The average molecular weight is 348 g/mol. The molecule has 26 heavy (non-hydrogen) atoms. The molecular weight excluding hydrogens is 332 g/mol. The second-order valence-corrected chi connectivity index (χ2v) is 5.63. The van der Waals surface area contributed by atoms with Crippen LogP contribution in [-0.4, -0.2) is 34.3 Å². The van der Waals surface area contributed by atoms with Gasteiger partial charge in [0.05, 0.1) is 6.20 Å². The van der Waals surface area contributed by atoms with E-state index in [-0.39, 0.29) is 5.91 Å². The minimum atomic E-state index is -0.247. The van der Waals surface area contributed by atoms with Crippen molar-refractivity contribution in [2.45, 2.75) is 0 Å². The molecule has 4 rings (SSSR count). The Bertz CT molecular complexity index is 951. The molecule has 1 amide bonds. The van der Waals surface area contributed by atoms with Gasteiger partial charge in [0.25, 0.3) is 0 Å². The summed E-state index contributed by atoms with van der Waals surface area (Å²) < 4.78 is 11.0. The van der Waals surface area contributed by atoms with Crippen LogP contribution in [0.15, 0.2) is 55.1 Å². The second kappa shape index (κ2) is 7.10. The molecule has 0 bridgehead atoms. The number of ether oxygens (including phenoxy) is 2. The normalized spacial score (nSPS) is 12.9. The summed E-state index contributed by atoms with van der Waals surface area (Å²) in [5.41, 5.74) is 3.34. The van der Waals surface area contributed by atoms with Gasteiger partial charge in [-0.1, -0.05) is 0 Å². The van der Waals surface area contributed by atoms with Crippen molar-refractivity contribution >= 4 is 17.7 Å². The molecule has 7 heteroatoms. The topological polar surface area (TPSA) is 89.1 Å². The first-order chi connectivity index (χ1) is 12.8. The van der Waals surface area contributed by atoms with E-state index in [2.05, 4.69) is 20.5 Å². The molecule has 1 aromatic carbocycles. The number of aromatic nitrogens is 3. The lowest BCUT2D eigenvalue weighted by Crippen LogP contribution is -2.16. The van der Waals surface area contributed by atoms with Crippen molar-refractivity contribution < 1.29 is 14.3 Å². The van der Waals surface area contributed by atoms with E-state index >= 15 is 0 Å². The van der Waals surface area contributed by atoms with Crippen LogP contribution in [0.5, 0.6) is 11.5 Å². The highest BCUT2D eigenvalue weighted by Gasteiger charge is 2.12. The molecule has 0 unspecified atom stereocenters. The second-order valence-electron chi connectivity index (χ2n) is 5.63. The molecule has 2 N–H and O–H groups in total. The van der Waals surface area contributed by atoms with Crippen molar-refractivity contribution in [2.75, 3.05) is 18.5 Å². The molecule has 0 saturated heterocycles. The highest BCUT2D eigenvalue weighted by molar-refractivity contribution is 6.02. The molecule has 0 saturated carbocycles. The maximum atomic E-state index is 12.2. The fraction of sp³-hybridized carbons (Fsp3) is 0.105. The van der Waals surface area contributed by atoms with Gasteiger partial charge < -0.3 is 14.8 Å². The SMILES string of the molecule is O=C(/C=C/c1cnccc1-c1cn[nH]c1)Nc1ccc2c(c1)OCCO2. The number of nitrogens with one attached hydrogen (secondary N) is 2. The van der Waals surface area contributed by atoms with Gasteiger partial charge in [-0.15, -0.1) is 0 Å². The number of hydrogen-bond acceptors (Lipinski definition) is 5. The Balaban J connectivity index is 1.49. The van der Waals surface area contributed by atoms with Gasteiger partial charge in [-0.05, 0) is 29.8 Å². The molecular formula is C19H16N4O3. The van der Waals surface area contributed by atoms with Crippen LogP contribution in [-0.2, 0) is 4.79 Å². The van der Waals surface area contributed by atoms with Crippen LogP contribution in [0.2, 0.25) is 0 Å². The first-order valence-corrected chi connectivity index (χ1v) is 8.11. The summed E-state index contributed by atoms with van der Waals surface area (Å²) in [6, 6.07) is 7.19. The van der Waals surface area contributed by atoms with Gasteiger partial charge in [0.2, 0.25) is 5.91 Å². The Labute approximate surface area is 149 Å². The summed E-state index contributed by atoms with van der Waals surface area (Å²) in [6.45, 7) is 1.04. The molecule has 7 nitrogen and oxygen atoms in total. The Kier molecular flexibility index (Phi) is 4.34. The lowest BCUT2D eigenvalue weighted by Gasteiger charge is -2.18. The van der Waals surface area contributed by atoms with Gasteiger partial charge in [0.15, 0.2) is 11.5 Å². The lowest BCUT2D eigenvalue weighted by molar-refractivity contribution is -0.111. The molecule has 130 valence electrons. The zero-order valence-corrected chi connectivity index (χ0v) is 13.8. The van der Waals surface area contributed by atoms with E-state index < -0.39 is 0 Å². The van der Waals surface area contributed by atoms with Crippen LogP contribution < -0.4 is 14.8 Å². The number of amides is 1. The van der Waals surface area contributed by atoms with E-state index in [9.17, 15) is 4.79 Å². The van der Waals surface area contributed by atoms with Crippen molar-refractivity contribution in [3.05, 3.63) is 60.7 Å². The molecule has 1 aliphatic rings. The van der Waals surface area contributed by atoms with Crippen LogP contribution in [0.4, 0.5) is 5.69 Å². The van der Waals surface area contributed by atoms with Gasteiger partial charge in [-0.3, -0.25) is 14.9 Å². The summed E-state index contributed by atoms with van der Waals surface area (Å²) in [7, 11) is 0. The minimum absolute atomic E-state index is 0.247. The van der Waals surface area contributed by atoms with E-state index in [1.165, 1.54) is 6.08 Å². The zero-order valence-electron chi connectivity index (χ0n) is 13.8. The summed E-state index contributed by atoms with van der Waals surface area (Å²) >= 11 is 0. The number of hydrogen-bond donors (Lipinski definition) is 2. The van der Waals surface area contributed by atoms with Crippen molar-refractivity contribution in [1.82, 2.24) is 15.2 Å². The van der Waals surface area contributed by atoms with Gasteiger partial charge in [-0.25, -0.2) is 0 Å². The van der Waals surface area contributed by atoms with Crippen molar-refractivity contribution in [3.63, 3.8) is 0 Å². The minimum Gasteiger partial charge on any atom is -0.486 e. The zero-order chi connectivity index (χ0) is 17.8. The molecule has 3 aromatic rings. The number of rotatable bonds is 4. The van der Waals surface area contributed by atoms with Crippen molar-refractivity contribution in [1.29, 1.82) is 0 Å². The smallest absolute Gasteiger partial charge is 0.248 e. The fourth-order valence-corrected chi connectivity index (χ4v) is 2.67. The molecule has 2 aromatic heterocycles. The van der Waals surface area contributed by atoms with Crippen molar-refractivity contribution in [2.24, 2.45) is 0 Å². The van der Waals surface area contributed by atoms with Crippen molar-refractivity contribution in [3.8, 4) is 22.6 Å². The van der Waals surface area contributed by atoms with Crippen LogP contribution >= 0.6 is 0 Å². The summed E-state index contributed by atoms with van der Waals surface area (Å²) in [5, 5.41) is 9.55. The maximum absolute atomic E-state index is 12.2. The number of pyridine rings is 1. The lowest BCUT2D eigenvalue weighted by atomic mass is 10.0. The van der Waals surface area contributed by atoms with Crippen LogP contribution in [0.1, 0.15) is 5.56 Å². The van der Waals surface area contributed by atoms with E-state index in [0.717, 1.165) is 16.7 Å². The number of aromatic amines is 1. The monoisotopic (exact) mass is 348 g/mol. The van der Waals surface area contributed by atoms with Gasteiger partial charge in [-0.2, -0.15) is 5.10 Å². The third kappa shape index (κ3) is 3.41. The summed E-state index contributed by atoms with van der Waals surface area (Å²) in [4.78, 5) is 16.4. The Hall–Kier alpha value is -3.61. The molecule has 0 fully saturated rings. The van der Waals surface area contributed by atoms with E-state index in [0.29, 0.717) is 30.4 Å². The van der Waals surface area contributed by atoms with E-state index in [1.807, 2.05) is 6.07 Å². The molecule has 3 heterocycles. The summed E-state index contributed by atoms with van der Waals surface area (Å²) in [5.74, 6) is 1.07.